The predicted molar refractivity (Wildman–Crippen MR) is 168 cm³/mol. The highest BCUT2D eigenvalue weighted by Gasteiger charge is 2.85. The summed E-state index contributed by atoms with van der Waals surface area (Å²) in [6.45, 7) is 14.9. The smallest absolute Gasteiger partial charge is 0.302 e. The number of aliphatic hydroxyl groups excluding tert-OH is 4. The minimum absolute atomic E-state index is 0.0364. The first-order valence-electron chi connectivity index (χ1n) is 18.3. The lowest BCUT2D eigenvalue weighted by Crippen LogP contribution is -2.61. The second-order valence-corrected chi connectivity index (χ2v) is 18.5. The highest BCUT2D eigenvalue weighted by Crippen LogP contribution is 2.88. The quantitative estimate of drug-likeness (QED) is 0.198. The molecule has 4 saturated heterocycles. The molecule has 268 valence electrons. The van der Waals surface area contributed by atoms with Gasteiger partial charge in [-0.2, -0.15) is 0 Å². The van der Waals surface area contributed by atoms with E-state index in [1.54, 1.807) is 0 Å². The van der Waals surface area contributed by atoms with Crippen molar-refractivity contribution in [2.45, 2.75) is 160 Å². The first-order chi connectivity index (χ1) is 22.4. The molecular formula is C37H54O11. The van der Waals surface area contributed by atoms with Crippen LogP contribution in [0.5, 0.6) is 0 Å². The maximum absolute atomic E-state index is 12.9. The van der Waals surface area contributed by atoms with Gasteiger partial charge in [0.15, 0.2) is 12.6 Å². The van der Waals surface area contributed by atoms with Gasteiger partial charge in [-0.05, 0) is 74.0 Å². The zero-order valence-corrected chi connectivity index (χ0v) is 29.3. The SMILES string of the molecule is CC(=O)O[C@@H]1C[C@]23C[C@@]24CC[C@H](O[C@@H]2OC[C@@H](O)[C@H](O)[C@H]2O)C(C)(C)[C@@H]4CC=C3[C@]2(C)C[C@@H]3O[C@]4(C[C@@H](C)[C@@H]3[C@@]12C)O[C@H](O)[C@]1(C)O[C@H]41. The molecule has 18 atom stereocenters. The van der Waals surface area contributed by atoms with E-state index in [0.717, 1.165) is 38.5 Å². The van der Waals surface area contributed by atoms with Crippen LogP contribution < -0.4 is 0 Å². The molecule has 11 nitrogen and oxygen atoms in total. The Morgan fingerprint density at radius 2 is 1.71 bits per heavy atom. The summed E-state index contributed by atoms with van der Waals surface area (Å²) in [5.74, 6) is -0.600. The number of epoxide rings is 1. The summed E-state index contributed by atoms with van der Waals surface area (Å²) < 4.78 is 37.8. The van der Waals surface area contributed by atoms with E-state index >= 15 is 0 Å². The second-order valence-electron chi connectivity index (χ2n) is 18.5. The van der Waals surface area contributed by atoms with Gasteiger partial charge in [0.05, 0.1) is 18.8 Å². The Morgan fingerprint density at radius 3 is 2.38 bits per heavy atom. The number of carbonyl (C=O) groups is 1. The van der Waals surface area contributed by atoms with Gasteiger partial charge in [-0.3, -0.25) is 4.79 Å². The van der Waals surface area contributed by atoms with Crippen molar-refractivity contribution < 1.29 is 53.6 Å². The Bertz CT molecular complexity index is 1450. The Labute approximate surface area is 282 Å². The average Bonchev–Trinajstić information content (AvgIpc) is 3.84. The molecule has 11 heteroatoms. The van der Waals surface area contributed by atoms with Crippen LogP contribution >= 0.6 is 0 Å². The monoisotopic (exact) mass is 674 g/mol. The number of ether oxygens (including phenoxy) is 6. The Hall–Kier alpha value is -1.15. The molecule has 3 spiro atoms. The Kier molecular flexibility index (Phi) is 6.57. The number of esters is 1. The standard InChI is InChI=1S/C37H54O11/c1-17-12-37(29-34(7,47-29)30(42)48-37)46-20-13-32(5)22-9-8-21-31(3,4)23(45-28-27(41)26(40)19(39)15-43-28)10-11-35(21)16-36(22,35)14-24(44-18(2)38)33(32,6)25(17)20/h9,17,19-21,23-30,39-42H,8,10-16H2,1-7H3/t17-,19-,20+,21+,23+,24-,25+,26+,27-,28+,29+,30+,32+,33-,34-,35-,36-,37-/m1/s1. The van der Waals surface area contributed by atoms with Crippen molar-refractivity contribution in [1.29, 1.82) is 0 Å². The summed E-state index contributed by atoms with van der Waals surface area (Å²) in [5.41, 5.74) is -0.191. The first kappa shape index (κ1) is 32.7. The molecule has 0 aromatic carbocycles. The maximum atomic E-state index is 12.9. The molecule has 4 heterocycles. The van der Waals surface area contributed by atoms with Crippen molar-refractivity contribution in [1.82, 2.24) is 0 Å². The molecule has 0 unspecified atom stereocenters. The van der Waals surface area contributed by atoms with E-state index in [9.17, 15) is 25.2 Å². The molecule has 4 N–H and O–H groups in total. The predicted octanol–water partition coefficient (Wildman–Crippen LogP) is 2.95. The lowest BCUT2D eigenvalue weighted by molar-refractivity contribution is -0.345. The van der Waals surface area contributed by atoms with Crippen molar-refractivity contribution in [3.05, 3.63) is 11.6 Å². The molecule has 9 aliphatic rings. The van der Waals surface area contributed by atoms with Gasteiger partial charge in [-0.25, -0.2) is 0 Å². The van der Waals surface area contributed by atoms with Crippen molar-refractivity contribution in [3.8, 4) is 0 Å². The molecule has 0 aromatic rings. The molecule has 0 bridgehead atoms. The third kappa shape index (κ3) is 3.69. The summed E-state index contributed by atoms with van der Waals surface area (Å²) in [6, 6.07) is 0. The molecule has 0 amide bonds. The van der Waals surface area contributed by atoms with E-state index in [-0.39, 0.29) is 75.9 Å². The fraction of sp³-hybridized carbons (Fsp3) is 0.919. The lowest BCUT2D eigenvalue weighted by atomic mass is 9.44. The van der Waals surface area contributed by atoms with E-state index in [4.69, 9.17) is 28.4 Å². The van der Waals surface area contributed by atoms with Gasteiger partial charge in [-0.15, -0.1) is 0 Å². The fourth-order valence-electron chi connectivity index (χ4n) is 13.8. The van der Waals surface area contributed by atoms with E-state index in [1.807, 2.05) is 6.92 Å². The number of carbonyl (C=O) groups excluding carboxylic acids is 1. The lowest BCUT2D eigenvalue weighted by Gasteiger charge is -2.62. The van der Waals surface area contributed by atoms with Gasteiger partial charge in [0.2, 0.25) is 5.79 Å². The van der Waals surface area contributed by atoms with Crippen molar-refractivity contribution in [3.63, 3.8) is 0 Å². The normalized spacial score (nSPS) is 61.6. The van der Waals surface area contributed by atoms with Crippen LogP contribution in [0.25, 0.3) is 0 Å². The van der Waals surface area contributed by atoms with Crippen LogP contribution in [0.2, 0.25) is 0 Å². The number of allylic oxidation sites excluding steroid dienone is 2. The fourth-order valence-corrected chi connectivity index (χ4v) is 13.8. The number of hydrogen-bond donors (Lipinski definition) is 4. The molecule has 5 aliphatic carbocycles. The van der Waals surface area contributed by atoms with Gasteiger partial charge >= 0.3 is 5.97 Å². The van der Waals surface area contributed by atoms with Gasteiger partial charge in [0, 0.05) is 29.6 Å². The summed E-state index contributed by atoms with van der Waals surface area (Å²) in [7, 11) is 0. The molecule has 0 radical (unpaired) electrons. The van der Waals surface area contributed by atoms with Crippen molar-refractivity contribution in [2.75, 3.05) is 6.61 Å². The van der Waals surface area contributed by atoms with Crippen LogP contribution in [0.1, 0.15) is 93.4 Å². The highest BCUT2D eigenvalue weighted by atomic mass is 16.8. The van der Waals surface area contributed by atoms with Crippen LogP contribution in [0, 0.1) is 44.8 Å². The molecule has 4 saturated carbocycles. The number of hydrogen-bond acceptors (Lipinski definition) is 11. The van der Waals surface area contributed by atoms with E-state index in [1.165, 1.54) is 12.5 Å². The van der Waals surface area contributed by atoms with Gasteiger partial charge in [-0.1, -0.05) is 46.3 Å². The van der Waals surface area contributed by atoms with Crippen LogP contribution in [0.4, 0.5) is 0 Å². The van der Waals surface area contributed by atoms with E-state index in [2.05, 4.69) is 40.7 Å². The van der Waals surface area contributed by atoms with Crippen LogP contribution in [-0.2, 0) is 33.2 Å². The number of aliphatic hydroxyl groups is 4. The summed E-state index contributed by atoms with van der Waals surface area (Å²) in [6.07, 6.45) is 1.68. The summed E-state index contributed by atoms with van der Waals surface area (Å²) >= 11 is 0. The zero-order valence-electron chi connectivity index (χ0n) is 29.3. The van der Waals surface area contributed by atoms with Crippen LogP contribution in [0.3, 0.4) is 0 Å². The minimum Gasteiger partial charge on any atom is -0.462 e. The van der Waals surface area contributed by atoms with Crippen LogP contribution in [0.15, 0.2) is 11.6 Å². The van der Waals surface area contributed by atoms with Crippen LogP contribution in [-0.4, -0.2) is 99.7 Å². The van der Waals surface area contributed by atoms with E-state index in [0.29, 0.717) is 12.3 Å². The van der Waals surface area contributed by atoms with Crippen molar-refractivity contribution in [2.24, 2.45) is 44.8 Å². The zero-order chi connectivity index (χ0) is 34.2. The largest absolute Gasteiger partial charge is 0.462 e. The van der Waals surface area contributed by atoms with E-state index < -0.39 is 42.3 Å². The molecule has 4 aliphatic heterocycles. The topological polar surface area (TPSA) is 157 Å². The maximum Gasteiger partial charge on any atom is 0.302 e. The first-order valence-corrected chi connectivity index (χ1v) is 18.3. The average molecular weight is 675 g/mol. The van der Waals surface area contributed by atoms with Gasteiger partial charge in [0.25, 0.3) is 0 Å². The second kappa shape index (κ2) is 9.63. The molecule has 8 fully saturated rings. The third-order valence-electron chi connectivity index (χ3n) is 16.1. The van der Waals surface area contributed by atoms with Gasteiger partial charge < -0.3 is 48.8 Å². The number of rotatable bonds is 3. The Balaban J connectivity index is 1.06. The minimum atomic E-state index is -1.32. The third-order valence-corrected chi connectivity index (χ3v) is 16.1. The highest BCUT2D eigenvalue weighted by molar-refractivity contribution is 5.66. The summed E-state index contributed by atoms with van der Waals surface area (Å²) in [5, 5.41) is 41.7. The molecular weight excluding hydrogens is 620 g/mol. The Morgan fingerprint density at radius 1 is 0.958 bits per heavy atom. The molecule has 48 heavy (non-hydrogen) atoms. The molecule has 9 rings (SSSR count). The van der Waals surface area contributed by atoms with Crippen molar-refractivity contribution >= 4 is 5.97 Å². The van der Waals surface area contributed by atoms with Gasteiger partial charge in [0.1, 0.15) is 36.1 Å². The number of fused-ring (bicyclic) bond motifs is 6. The molecule has 0 aromatic heterocycles. The summed E-state index contributed by atoms with van der Waals surface area (Å²) in [4.78, 5) is 12.9.